The lowest BCUT2D eigenvalue weighted by Gasteiger charge is -2.26. The third-order valence-corrected chi connectivity index (χ3v) is 6.54. The Balaban J connectivity index is 2.12. The third-order valence-electron chi connectivity index (χ3n) is 3.92. The summed E-state index contributed by atoms with van der Waals surface area (Å²) in [6.07, 6.45) is 3.93. The number of hydrogen-bond donors (Lipinski definition) is 2. The average molecular weight is 303 g/mol. The molecule has 0 amide bonds. The van der Waals surface area contributed by atoms with E-state index in [4.69, 9.17) is 0 Å². The second-order valence-electron chi connectivity index (χ2n) is 5.47. The Morgan fingerprint density at radius 2 is 2.00 bits per heavy atom. The van der Waals surface area contributed by atoms with Crippen molar-refractivity contribution in [2.24, 2.45) is 5.41 Å². The quantitative estimate of drug-likeness (QED) is 0.876. The van der Waals surface area contributed by atoms with Crippen LogP contribution in [0.2, 0.25) is 0 Å². The van der Waals surface area contributed by atoms with Gasteiger partial charge in [0.1, 0.15) is 0 Å². The Hall–Kier alpha value is -0.430. The molecule has 0 radical (unpaired) electrons. The van der Waals surface area contributed by atoms with Gasteiger partial charge >= 0.3 is 0 Å². The molecule has 108 valence electrons. The van der Waals surface area contributed by atoms with E-state index in [1.807, 2.05) is 13.8 Å². The minimum Gasteiger partial charge on any atom is -0.396 e. The number of aliphatic hydroxyl groups is 1. The van der Waals surface area contributed by atoms with Gasteiger partial charge in [-0.25, -0.2) is 13.1 Å². The number of nitrogens with one attached hydrogen (secondary N) is 1. The second-order valence-corrected chi connectivity index (χ2v) is 8.66. The summed E-state index contributed by atoms with van der Waals surface area (Å²) in [6, 6.07) is 1.71. The summed E-state index contributed by atoms with van der Waals surface area (Å²) in [5, 5.41) is 9.51. The van der Waals surface area contributed by atoms with E-state index in [1.54, 1.807) is 6.07 Å². The molecule has 0 saturated heterocycles. The van der Waals surface area contributed by atoms with Crippen molar-refractivity contribution in [3.8, 4) is 0 Å². The van der Waals surface area contributed by atoms with Crippen LogP contribution in [-0.2, 0) is 10.0 Å². The first-order valence-electron chi connectivity index (χ1n) is 6.56. The van der Waals surface area contributed by atoms with E-state index >= 15 is 0 Å². The molecule has 1 aliphatic rings. The molecule has 2 rings (SSSR count). The fraction of sp³-hybridized carbons (Fsp3) is 0.692. The zero-order chi connectivity index (χ0) is 14.1. The maximum atomic E-state index is 12.3. The molecular weight excluding hydrogens is 282 g/mol. The molecule has 19 heavy (non-hydrogen) atoms. The van der Waals surface area contributed by atoms with E-state index in [0.29, 0.717) is 11.4 Å². The maximum absolute atomic E-state index is 12.3. The monoisotopic (exact) mass is 303 g/mol. The summed E-state index contributed by atoms with van der Waals surface area (Å²) < 4.78 is 27.3. The van der Waals surface area contributed by atoms with Crippen molar-refractivity contribution in [1.29, 1.82) is 0 Å². The molecule has 0 spiro atoms. The molecule has 1 aromatic heterocycles. The normalized spacial score (nSPS) is 18.9. The fourth-order valence-electron chi connectivity index (χ4n) is 2.72. The fourth-order valence-corrected chi connectivity index (χ4v) is 5.43. The molecular formula is C13H21NO3S2. The Labute approximate surface area is 118 Å². The summed E-state index contributed by atoms with van der Waals surface area (Å²) in [7, 11) is -3.46. The van der Waals surface area contributed by atoms with E-state index in [9.17, 15) is 13.5 Å². The first-order chi connectivity index (χ1) is 8.88. The SMILES string of the molecule is Cc1cc(S(=O)(=O)NCC2(CO)CCCC2)c(C)s1. The molecule has 0 unspecified atom stereocenters. The molecule has 1 aromatic rings. The van der Waals surface area contributed by atoms with Crippen molar-refractivity contribution in [3.63, 3.8) is 0 Å². The van der Waals surface area contributed by atoms with Crippen LogP contribution in [0.3, 0.4) is 0 Å². The van der Waals surface area contributed by atoms with Crippen molar-refractivity contribution >= 4 is 21.4 Å². The maximum Gasteiger partial charge on any atom is 0.241 e. The zero-order valence-corrected chi connectivity index (χ0v) is 13.0. The lowest BCUT2D eigenvalue weighted by atomic mass is 9.88. The molecule has 1 aliphatic carbocycles. The van der Waals surface area contributed by atoms with Gasteiger partial charge in [-0.3, -0.25) is 0 Å². The highest BCUT2D eigenvalue weighted by Crippen LogP contribution is 2.37. The highest BCUT2D eigenvalue weighted by Gasteiger charge is 2.34. The number of rotatable bonds is 5. The Bertz CT molecular complexity index is 542. The van der Waals surface area contributed by atoms with Gasteiger partial charge in [-0.1, -0.05) is 12.8 Å². The Morgan fingerprint density at radius 3 is 2.47 bits per heavy atom. The van der Waals surface area contributed by atoms with E-state index in [0.717, 1.165) is 35.4 Å². The van der Waals surface area contributed by atoms with Crippen LogP contribution < -0.4 is 4.72 Å². The number of aryl methyl sites for hydroxylation is 2. The third kappa shape index (κ3) is 3.18. The highest BCUT2D eigenvalue weighted by atomic mass is 32.2. The summed E-state index contributed by atoms with van der Waals surface area (Å²) >= 11 is 1.49. The number of hydrogen-bond acceptors (Lipinski definition) is 4. The van der Waals surface area contributed by atoms with Gasteiger partial charge in [0.2, 0.25) is 10.0 Å². The minimum atomic E-state index is -3.46. The molecule has 0 atom stereocenters. The van der Waals surface area contributed by atoms with Crippen LogP contribution in [-0.4, -0.2) is 26.7 Å². The standard InChI is InChI=1S/C13H21NO3S2/c1-10-7-12(11(2)18-10)19(16,17)14-8-13(9-15)5-3-4-6-13/h7,14-15H,3-6,8-9H2,1-2H3. The summed E-state index contributed by atoms with van der Waals surface area (Å²) in [6.45, 7) is 4.11. The lowest BCUT2D eigenvalue weighted by Crippen LogP contribution is -2.38. The van der Waals surface area contributed by atoms with Gasteiger partial charge in [0.25, 0.3) is 0 Å². The molecule has 0 aliphatic heterocycles. The van der Waals surface area contributed by atoms with Crippen LogP contribution in [0.4, 0.5) is 0 Å². The van der Waals surface area contributed by atoms with Crippen molar-refractivity contribution < 1.29 is 13.5 Å². The first-order valence-corrected chi connectivity index (χ1v) is 8.86. The van der Waals surface area contributed by atoms with Crippen LogP contribution in [0.25, 0.3) is 0 Å². The number of aliphatic hydroxyl groups excluding tert-OH is 1. The molecule has 1 fully saturated rings. The predicted octanol–water partition coefficient (Wildman–Crippen LogP) is 2.20. The minimum absolute atomic E-state index is 0.0527. The van der Waals surface area contributed by atoms with Crippen LogP contribution in [0.1, 0.15) is 35.4 Å². The van der Waals surface area contributed by atoms with Crippen molar-refractivity contribution in [2.75, 3.05) is 13.2 Å². The van der Waals surface area contributed by atoms with Gasteiger partial charge in [0, 0.05) is 28.3 Å². The first kappa shape index (κ1) is 15.0. The molecule has 0 aromatic carbocycles. The molecule has 6 heteroatoms. The number of sulfonamides is 1. The van der Waals surface area contributed by atoms with Gasteiger partial charge in [-0.2, -0.15) is 0 Å². The smallest absolute Gasteiger partial charge is 0.241 e. The molecule has 4 nitrogen and oxygen atoms in total. The van der Waals surface area contributed by atoms with E-state index in [2.05, 4.69) is 4.72 Å². The average Bonchev–Trinajstić information content (AvgIpc) is 2.95. The topological polar surface area (TPSA) is 66.4 Å². The van der Waals surface area contributed by atoms with Gasteiger partial charge < -0.3 is 5.11 Å². The zero-order valence-electron chi connectivity index (χ0n) is 11.4. The van der Waals surface area contributed by atoms with Crippen LogP contribution in [0, 0.1) is 19.3 Å². The lowest BCUT2D eigenvalue weighted by molar-refractivity contribution is 0.134. The molecule has 1 heterocycles. The Kier molecular flexibility index (Phi) is 4.35. The summed E-state index contributed by atoms with van der Waals surface area (Å²) in [5.74, 6) is 0. The number of thiophene rings is 1. The van der Waals surface area contributed by atoms with E-state index < -0.39 is 10.0 Å². The summed E-state index contributed by atoms with van der Waals surface area (Å²) in [4.78, 5) is 2.19. The van der Waals surface area contributed by atoms with Gasteiger partial charge in [-0.05, 0) is 32.8 Å². The predicted molar refractivity (Wildman–Crippen MR) is 77.0 cm³/mol. The van der Waals surface area contributed by atoms with Crippen LogP contribution in [0.5, 0.6) is 0 Å². The van der Waals surface area contributed by atoms with Crippen molar-refractivity contribution in [1.82, 2.24) is 4.72 Å². The molecule has 1 saturated carbocycles. The van der Waals surface area contributed by atoms with Gasteiger partial charge in [0.05, 0.1) is 4.90 Å². The molecule has 2 N–H and O–H groups in total. The van der Waals surface area contributed by atoms with Crippen LogP contribution >= 0.6 is 11.3 Å². The van der Waals surface area contributed by atoms with Crippen molar-refractivity contribution in [2.45, 2.75) is 44.4 Å². The van der Waals surface area contributed by atoms with Crippen molar-refractivity contribution in [3.05, 3.63) is 15.8 Å². The van der Waals surface area contributed by atoms with Crippen LogP contribution in [0.15, 0.2) is 11.0 Å². The largest absolute Gasteiger partial charge is 0.396 e. The van der Waals surface area contributed by atoms with E-state index in [-0.39, 0.29) is 12.0 Å². The second kappa shape index (κ2) is 5.52. The van der Waals surface area contributed by atoms with Gasteiger partial charge in [0.15, 0.2) is 0 Å². The Morgan fingerprint density at radius 1 is 1.37 bits per heavy atom. The van der Waals surface area contributed by atoms with Gasteiger partial charge in [-0.15, -0.1) is 11.3 Å². The summed E-state index contributed by atoms with van der Waals surface area (Å²) in [5.41, 5.74) is -0.258. The highest BCUT2D eigenvalue weighted by molar-refractivity contribution is 7.89. The molecule has 0 bridgehead atoms. The van der Waals surface area contributed by atoms with E-state index in [1.165, 1.54) is 11.3 Å².